The van der Waals surface area contributed by atoms with E-state index >= 15 is 0 Å². The van der Waals surface area contributed by atoms with Crippen LogP contribution in [0.5, 0.6) is 0 Å². The van der Waals surface area contributed by atoms with Gasteiger partial charge >= 0.3 is 0 Å². The largest absolute Gasteiger partial charge is 0.375 e. The third kappa shape index (κ3) is 3.65. The second-order valence-electron chi connectivity index (χ2n) is 4.84. The van der Waals surface area contributed by atoms with E-state index in [0.29, 0.717) is 18.1 Å². The Hall–Kier alpha value is -0.0800. The Balaban J connectivity index is 2.22. The molecular formula is C11H23NO. The maximum atomic E-state index is 5.80. The van der Waals surface area contributed by atoms with Crippen LogP contribution in [0.25, 0.3) is 0 Å². The standard InChI is InChI=1S/C11H23NO/c1-8(2)5-10-6-12-11(7-13-10)9(3)4/h8-12H,5-7H2,1-4H3. The molecule has 1 saturated heterocycles. The van der Waals surface area contributed by atoms with Gasteiger partial charge in [-0.2, -0.15) is 0 Å². The van der Waals surface area contributed by atoms with Crippen molar-refractivity contribution in [2.24, 2.45) is 11.8 Å². The first-order valence-corrected chi connectivity index (χ1v) is 5.44. The Morgan fingerprint density at radius 2 is 2.00 bits per heavy atom. The lowest BCUT2D eigenvalue weighted by Crippen LogP contribution is -2.49. The van der Waals surface area contributed by atoms with Crippen molar-refractivity contribution in [1.29, 1.82) is 0 Å². The molecule has 1 aliphatic rings. The molecule has 1 fully saturated rings. The number of rotatable bonds is 3. The maximum Gasteiger partial charge on any atom is 0.0702 e. The van der Waals surface area contributed by atoms with Gasteiger partial charge in [0, 0.05) is 12.6 Å². The predicted octanol–water partition coefficient (Wildman–Crippen LogP) is 2.05. The highest BCUT2D eigenvalue weighted by atomic mass is 16.5. The van der Waals surface area contributed by atoms with Crippen LogP contribution in [0.4, 0.5) is 0 Å². The molecule has 0 spiro atoms. The van der Waals surface area contributed by atoms with Crippen molar-refractivity contribution < 1.29 is 4.74 Å². The zero-order chi connectivity index (χ0) is 9.84. The summed E-state index contributed by atoms with van der Waals surface area (Å²) in [4.78, 5) is 0. The van der Waals surface area contributed by atoms with Gasteiger partial charge in [0.2, 0.25) is 0 Å². The number of nitrogens with one attached hydrogen (secondary N) is 1. The van der Waals surface area contributed by atoms with Crippen LogP contribution in [-0.2, 0) is 4.74 Å². The molecule has 0 radical (unpaired) electrons. The molecule has 0 amide bonds. The van der Waals surface area contributed by atoms with E-state index in [1.807, 2.05) is 0 Å². The molecule has 0 saturated carbocycles. The van der Waals surface area contributed by atoms with E-state index in [1.165, 1.54) is 6.42 Å². The Kier molecular flexibility index (Phi) is 4.20. The minimum atomic E-state index is 0.440. The Morgan fingerprint density at radius 3 is 2.38 bits per heavy atom. The van der Waals surface area contributed by atoms with Gasteiger partial charge in [0.25, 0.3) is 0 Å². The van der Waals surface area contributed by atoms with Gasteiger partial charge in [0.15, 0.2) is 0 Å². The molecule has 13 heavy (non-hydrogen) atoms. The molecular weight excluding hydrogens is 162 g/mol. The lowest BCUT2D eigenvalue weighted by molar-refractivity contribution is -0.0155. The molecule has 2 heteroatoms. The maximum absolute atomic E-state index is 5.80. The second kappa shape index (κ2) is 4.97. The fourth-order valence-corrected chi connectivity index (χ4v) is 1.75. The Morgan fingerprint density at radius 1 is 1.31 bits per heavy atom. The van der Waals surface area contributed by atoms with Crippen LogP contribution in [0.1, 0.15) is 34.1 Å². The van der Waals surface area contributed by atoms with Gasteiger partial charge in [0.05, 0.1) is 12.7 Å². The van der Waals surface area contributed by atoms with E-state index < -0.39 is 0 Å². The lowest BCUT2D eigenvalue weighted by Gasteiger charge is -2.33. The molecule has 0 aromatic rings. The molecule has 1 N–H and O–H groups in total. The fourth-order valence-electron chi connectivity index (χ4n) is 1.75. The average Bonchev–Trinajstić information content (AvgIpc) is 2.04. The van der Waals surface area contributed by atoms with Crippen LogP contribution in [0.15, 0.2) is 0 Å². The van der Waals surface area contributed by atoms with E-state index in [2.05, 4.69) is 33.0 Å². The lowest BCUT2D eigenvalue weighted by atomic mass is 10.0. The molecule has 0 bridgehead atoms. The van der Waals surface area contributed by atoms with Crippen molar-refractivity contribution in [1.82, 2.24) is 5.32 Å². The summed E-state index contributed by atoms with van der Waals surface area (Å²) in [5.41, 5.74) is 0. The highest BCUT2D eigenvalue weighted by Crippen LogP contribution is 2.14. The van der Waals surface area contributed by atoms with Crippen molar-refractivity contribution in [2.45, 2.75) is 46.3 Å². The van der Waals surface area contributed by atoms with Gasteiger partial charge in [-0.3, -0.25) is 0 Å². The second-order valence-corrected chi connectivity index (χ2v) is 4.84. The molecule has 2 atom stereocenters. The number of hydrogen-bond donors (Lipinski definition) is 1. The first-order valence-electron chi connectivity index (χ1n) is 5.44. The van der Waals surface area contributed by atoms with Crippen LogP contribution in [0, 0.1) is 11.8 Å². The predicted molar refractivity (Wildman–Crippen MR) is 55.8 cm³/mol. The molecule has 0 aromatic carbocycles. The van der Waals surface area contributed by atoms with Gasteiger partial charge in [0.1, 0.15) is 0 Å². The van der Waals surface area contributed by atoms with Crippen LogP contribution in [-0.4, -0.2) is 25.3 Å². The van der Waals surface area contributed by atoms with Crippen LogP contribution in [0.3, 0.4) is 0 Å². The monoisotopic (exact) mass is 185 g/mol. The summed E-state index contributed by atoms with van der Waals surface area (Å²) in [6.07, 6.45) is 1.62. The molecule has 0 aromatic heterocycles. The quantitative estimate of drug-likeness (QED) is 0.726. The molecule has 1 aliphatic heterocycles. The van der Waals surface area contributed by atoms with Gasteiger partial charge < -0.3 is 10.1 Å². The van der Waals surface area contributed by atoms with Gasteiger partial charge in [-0.1, -0.05) is 27.7 Å². The summed E-state index contributed by atoms with van der Waals surface area (Å²) >= 11 is 0. The zero-order valence-electron chi connectivity index (χ0n) is 9.34. The SMILES string of the molecule is CC(C)CC1CNC(C(C)C)CO1. The van der Waals surface area contributed by atoms with Crippen molar-refractivity contribution in [3.8, 4) is 0 Å². The topological polar surface area (TPSA) is 21.3 Å². The van der Waals surface area contributed by atoms with Crippen LogP contribution in [0.2, 0.25) is 0 Å². The van der Waals surface area contributed by atoms with Crippen molar-refractivity contribution >= 4 is 0 Å². The van der Waals surface area contributed by atoms with Crippen LogP contribution < -0.4 is 5.32 Å². The summed E-state index contributed by atoms with van der Waals surface area (Å²) < 4.78 is 5.80. The molecule has 2 unspecified atom stereocenters. The summed E-state index contributed by atoms with van der Waals surface area (Å²) in [5, 5.41) is 3.55. The van der Waals surface area contributed by atoms with Crippen LogP contribution >= 0.6 is 0 Å². The zero-order valence-corrected chi connectivity index (χ0v) is 9.34. The summed E-state index contributed by atoms with van der Waals surface area (Å²) in [5.74, 6) is 1.42. The molecule has 1 rings (SSSR count). The third-order valence-electron chi connectivity index (χ3n) is 2.66. The molecule has 78 valence electrons. The fraction of sp³-hybridized carbons (Fsp3) is 1.00. The number of ether oxygens (including phenoxy) is 1. The Labute approximate surface area is 82.0 Å². The Bertz CT molecular complexity index is 137. The molecule has 2 nitrogen and oxygen atoms in total. The van der Waals surface area contributed by atoms with E-state index in [9.17, 15) is 0 Å². The normalized spacial score (nSPS) is 30.0. The first kappa shape index (κ1) is 11.0. The van der Waals surface area contributed by atoms with E-state index in [-0.39, 0.29) is 0 Å². The van der Waals surface area contributed by atoms with Gasteiger partial charge in [-0.25, -0.2) is 0 Å². The minimum absolute atomic E-state index is 0.440. The number of hydrogen-bond acceptors (Lipinski definition) is 2. The van der Waals surface area contributed by atoms with Crippen molar-refractivity contribution in [3.05, 3.63) is 0 Å². The average molecular weight is 185 g/mol. The highest BCUT2D eigenvalue weighted by Gasteiger charge is 2.23. The third-order valence-corrected chi connectivity index (χ3v) is 2.66. The summed E-state index contributed by atoms with van der Waals surface area (Å²) in [6, 6.07) is 0.559. The molecule has 0 aliphatic carbocycles. The summed E-state index contributed by atoms with van der Waals surface area (Å²) in [7, 11) is 0. The summed E-state index contributed by atoms with van der Waals surface area (Å²) in [6.45, 7) is 10.9. The minimum Gasteiger partial charge on any atom is -0.375 e. The highest BCUT2D eigenvalue weighted by molar-refractivity contribution is 4.78. The van der Waals surface area contributed by atoms with Gasteiger partial charge in [-0.05, 0) is 18.3 Å². The van der Waals surface area contributed by atoms with Crippen molar-refractivity contribution in [3.63, 3.8) is 0 Å². The van der Waals surface area contributed by atoms with E-state index in [1.54, 1.807) is 0 Å². The smallest absolute Gasteiger partial charge is 0.0702 e. The first-order chi connectivity index (χ1) is 6.09. The van der Waals surface area contributed by atoms with Crippen molar-refractivity contribution in [2.75, 3.05) is 13.2 Å². The number of morpholine rings is 1. The van der Waals surface area contributed by atoms with E-state index in [4.69, 9.17) is 4.74 Å². The van der Waals surface area contributed by atoms with Gasteiger partial charge in [-0.15, -0.1) is 0 Å². The molecule has 1 heterocycles. The van der Waals surface area contributed by atoms with E-state index in [0.717, 1.165) is 19.1 Å².